The first-order chi connectivity index (χ1) is 25.7. The van der Waals surface area contributed by atoms with Gasteiger partial charge in [-0.05, 0) is 86.3 Å². The highest BCUT2D eigenvalue weighted by Gasteiger charge is 2.48. The lowest BCUT2D eigenvalue weighted by Gasteiger charge is -2.32. The van der Waals surface area contributed by atoms with E-state index in [-0.39, 0.29) is 37.3 Å². The van der Waals surface area contributed by atoms with E-state index >= 15 is 0 Å². The van der Waals surface area contributed by atoms with Crippen molar-refractivity contribution in [2.75, 3.05) is 19.8 Å². The van der Waals surface area contributed by atoms with Crippen molar-refractivity contribution in [3.63, 3.8) is 0 Å². The number of aryl methyl sites for hydroxylation is 1. The normalized spacial score (nSPS) is 18.0. The van der Waals surface area contributed by atoms with E-state index in [4.69, 9.17) is 32.3 Å². The van der Waals surface area contributed by atoms with Gasteiger partial charge >= 0.3 is 7.82 Å². The largest absolute Gasteiger partial charge is 0.476 e. The Morgan fingerprint density at radius 2 is 1.62 bits per heavy atom. The molecule has 1 aromatic carbocycles. The van der Waals surface area contributed by atoms with Crippen LogP contribution < -0.4 is 5.32 Å². The number of benzene rings is 1. The van der Waals surface area contributed by atoms with Gasteiger partial charge in [-0.15, -0.1) is 11.3 Å². The van der Waals surface area contributed by atoms with Gasteiger partial charge in [0.05, 0.1) is 46.0 Å². The SMILES string of the molecule is CCOC(OCC)OCc1cc([C@H](C(=O)N2C[C@H](OP(=O)(OC(C)(C)C)OC(C)(C)C)C[C@H]2C(=O)N[C@@H](C)c2ccc(-c3scnc3C)cc2)C(C)C)on1. The molecule has 4 rings (SSSR count). The molecule has 1 fully saturated rings. The second-order valence-electron chi connectivity index (χ2n) is 15.9. The fraction of sp³-hybridized carbons (Fsp3) is 0.641. The topological polar surface area (TPSA) is 161 Å². The summed E-state index contributed by atoms with van der Waals surface area (Å²) in [6, 6.07) is 8.26. The van der Waals surface area contributed by atoms with Crippen LogP contribution in [0.5, 0.6) is 0 Å². The number of aromatic nitrogens is 2. The molecule has 1 aliphatic rings. The fourth-order valence-electron chi connectivity index (χ4n) is 6.20. The third kappa shape index (κ3) is 12.7. The molecule has 1 N–H and O–H groups in total. The van der Waals surface area contributed by atoms with Crippen molar-refractivity contribution in [1.82, 2.24) is 20.4 Å². The fourth-order valence-corrected chi connectivity index (χ4v) is 9.00. The molecule has 306 valence electrons. The van der Waals surface area contributed by atoms with E-state index in [1.807, 2.05) is 71.3 Å². The van der Waals surface area contributed by atoms with Crippen molar-refractivity contribution >= 4 is 31.0 Å². The molecular weight excluding hydrogens is 747 g/mol. The van der Waals surface area contributed by atoms with Crippen molar-refractivity contribution in [3.8, 4) is 10.4 Å². The summed E-state index contributed by atoms with van der Waals surface area (Å²) in [5, 5.41) is 7.25. The van der Waals surface area contributed by atoms with E-state index in [0.717, 1.165) is 21.7 Å². The maximum Gasteiger partial charge on any atom is 0.476 e. The predicted octanol–water partition coefficient (Wildman–Crippen LogP) is 8.32. The molecule has 16 heteroatoms. The van der Waals surface area contributed by atoms with Crippen LogP contribution in [0.3, 0.4) is 0 Å². The van der Waals surface area contributed by atoms with Crippen molar-refractivity contribution in [2.45, 2.75) is 138 Å². The summed E-state index contributed by atoms with van der Waals surface area (Å²) in [5.41, 5.74) is 3.39. The van der Waals surface area contributed by atoms with Crippen LogP contribution in [0.1, 0.15) is 117 Å². The lowest BCUT2D eigenvalue weighted by molar-refractivity contribution is -0.290. The molecule has 0 radical (unpaired) electrons. The summed E-state index contributed by atoms with van der Waals surface area (Å²) in [7, 11) is -4.19. The molecule has 0 bridgehead atoms. The summed E-state index contributed by atoms with van der Waals surface area (Å²) in [6.07, 6.45) is -0.803. The van der Waals surface area contributed by atoms with Gasteiger partial charge in [-0.2, -0.15) is 0 Å². The molecule has 3 heterocycles. The van der Waals surface area contributed by atoms with Crippen molar-refractivity contribution in [3.05, 3.63) is 58.6 Å². The van der Waals surface area contributed by atoms with E-state index in [9.17, 15) is 14.2 Å². The maximum absolute atomic E-state index is 14.6. The third-order valence-corrected chi connectivity index (χ3v) is 11.5. The van der Waals surface area contributed by atoms with Gasteiger partial charge in [-0.1, -0.05) is 43.3 Å². The number of nitrogens with zero attached hydrogens (tertiary/aromatic N) is 3. The molecule has 2 amide bonds. The van der Waals surface area contributed by atoms with E-state index in [1.54, 1.807) is 58.9 Å². The van der Waals surface area contributed by atoms with E-state index in [2.05, 4.69) is 15.5 Å². The Morgan fingerprint density at radius 3 is 2.15 bits per heavy atom. The van der Waals surface area contributed by atoms with Gasteiger partial charge in [-0.25, -0.2) is 9.55 Å². The molecule has 55 heavy (non-hydrogen) atoms. The number of rotatable bonds is 18. The van der Waals surface area contributed by atoms with Crippen LogP contribution in [0.15, 0.2) is 40.4 Å². The third-order valence-electron chi connectivity index (χ3n) is 8.46. The zero-order valence-electron chi connectivity index (χ0n) is 34.2. The molecule has 4 atom stereocenters. The zero-order valence-corrected chi connectivity index (χ0v) is 36.0. The van der Waals surface area contributed by atoms with Crippen LogP contribution >= 0.6 is 19.2 Å². The van der Waals surface area contributed by atoms with Gasteiger partial charge in [0.2, 0.25) is 11.8 Å². The van der Waals surface area contributed by atoms with Crippen LogP contribution in [-0.2, 0) is 48.5 Å². The minimum atomic E-state index is -4.19. The van der Waals surface area contributed by atoms with Gasteiger partial charge in [-0.3, -0.25) is 23.2 Å². The molecule has 2 aromatic heterocycles. The lowest BCUT2D eigenvalue weighted by atomic mass is 9.91. The first kappa shape index (κ1) is 44.7. The number of thiazole rings is 1. The van der Waals surface area contributed by atoms with Gasteiger partial charge in [0, 0.05) is 32.2 Å². The number of phosphoric ester groups is 1. The molecule has 0 aliphatic carbocycles. The number of ether oxygens (including phenoxy) is 3. The minimum Gasteiger partial charge on any atom is -0.360 e. The minimum absolute atomic E-state index is 0.0252. The Bertz CT molecular complexity index is 1720. The van der Waals surface area contributed by atoms with E-state index in [1.165, 1.54) is 4.90 Å². The quantitative estimate of drug-likeness (QED) is 0.0969. The smallest absolute Gasteiger partial charge is 0.360 e. The Hall–Kier alpha value is -3.01. The maximum atomic E-state index is 14.6. The highest BCUT2D eigenvalue weighted by atomic mass is 32.1. The molecule has 1 aliphatic heterocycles. The number of amides is 2. The predicted molar refractivity (Wildman–Crippen MR) is 209 cm³/mol. The van der Waals surface area contributed by atoms with Crippen molar-refractivity contribution in [1.29, 1.82) is 0 Å². The molecular formula is C39H59N4O10PS. The molecule has 0 unspecified atom stereocenters. The van der Waals surface area contributed by atoms with Gasteiger partial charge in [0.15, 0.2) is 0 Å². The zero-order chi connectivity index (χ0) is 40.7. The average molecular weight is 807 g/mol. The van der Waals surface area contributed by atoms with Gasteiger partial charge in [0.1, 0.15) is 23.4 Å². The number of hydrogen-bond donors (Lipinski definition) is 1. The van der Waals surface area contributed by atoms with Crippen LogP contribution in [0.2, 0.25) is 0 Å². The first-order valence-electron chi connectivity index (χ1n) is 18.8. The van der Waals surface area contributed by atoms with Crippen molar-refractivity contribution < 1.29 is 46.5 Å². The summed E-state index contributed by atoms with van der Waals surface area (Å²) in [5.74, 6) is -1.50. The van der Waals surface area contributed by atoms with Gasteiger partial charge < -0.3 is 29.0 Å². The average Bonchev–Trinajstić information content (AvgIpc) is 3.82. The summed E-state index contributed by atoms with van der Waals surface area (Å²) >= 11 is 1.57. The van der Waals surface area contributed by atoms with Crippen LogP contribution in [0, 0.1) is 12.8 Å². The molecule has 14 nitrogen and oxygen atoms in total. The monoisotopic (exact) mass is 806 g/mol. The number of nitrogens with one attached hydrogen (secondary N) is 1. The highest BCUT2D eigenvalue weighted by Crippen LogP contribution is 2.57. The molecule has 1 saturated heterocycles. The standard InChI is InChI=1S/C39H59N4O10PS/c1-13-47-37(48-14-2)49-22-29-19-32(50-42-29)33(24(3)4)36(45)43-21-30(51-54(46,52-38(7,8)9)53-39(10,11)12)20-31(43)35(44)41-25(5)27-15-17-28(18-16-27)34-26(6)40-23-55-34/h15-19,23-25,30-31,33,37H,13-14,20-22H2,1-12H3,(H,41,44)/t25-,30+,31-,33+/m0/s1. The molecule has 0 spiro atoms. The lowest BCUT2D eigenvalue weighted by Crippen LogP contribution is -2.48. The molecule has 3 aromatic rings. The summed E-state index contributed by atoms with van der Waals surface area (Å²) < 4.78 is 54.5. The Balaban J connectivity index is 1.61. The Morgan fingerprint density at radius 1 is 1.00 bits per heavy atom. The molecule has 0 saturated carbocycles. The van der Waals surface area contributed by atoms with Crippen molar-refractivity contribution in [2.24, 2.45) is 5.92 Å². The first-order valence-corrected chi connectivity index (χ1v) is 21.2. The number of carbonyl (C=O) groups is 2. The van der Waals surface area contributed by atoms with Crippen LogP contribution in [0.4, 0.5) is 0 Å². The highest BCUT2D eigenvalue weighted by molar-refractivity contribution is 7.48. The number of phosphoric acid groups is 1. The second kappa shape index (κ2) is 19.0. The van der Waals surface area contributed by atoms with Crippen LogP contribution in [0.25, 0.3) is 10.4 Å². The second-order valence-corrected chi connectivity index (χ2v) is 18.2. The number of hydrogen-bond acceptors (Lipinski definition) is 13. The van der Waals surface area contributed by atoms with Gasteiger partial charge in [0.25, 0.3) is 6.48 Å². The summed E-state index contributed by atoms with van der Waals surface area (Å²) in [4.78, 5) is 35.8. The number of carbonyl (C=O) groups excluding carboxylic acids is 2. The Labute approximate surface area is 329 Å². The number of likely N-dealkylation sites (tertiary alicyclic amines) is 1. The Kier molecular flexibility index (Phi) is 15.4. The van der Waals surface area contributed by atoms with Crippen LogP contribution in [-0.4, -0.2) is 76.4 Å². The van der Waals surface area contributed by atoms with E-state index < -0.39 is 49.6 Å². The summed E-state index contributed by atoms with van der Waals surface area (Å²) in [6.45, 7) is 21.7. The van der Waals surface area contributed by atoms with E-state index in [0.29, 0.717) is 24.7 Å².